The minimum atomic E-state index is 0.636. The van der Waals surface area contributed by atoms with E-state index in [2.05, 4.69) is 37.7 Å². The Balaban J connectivity index is 2.58. The van der Waals surface area contributed by atoms with Crippen LogP contribution in [0.25, 0.3) is 0 Å². The summed E-state index contributed by atoms with van der Waals surface area (Å²) in [5.41, 5.74) is 5.88. The maximum atomic E-state index is 5.88. The van der Waals surface area contributed by atoms with E-state index in [4.69, 9.17) is 5.73 Å². The van der Waals surface area contributed by atoms with Gasteiger partial charge in [-0.1, -0.05) is 13.3 Å². The zero-order valence-corrected chi connectivity index (χ0v) is 11.4. The van der Waals surface area contributed by atoms with Crippen LogP contribution in [0.5, 0.6) is 0 Å². The average Bonchev–Trinajstić information content (AvgIpc) is 2.66. The molecule has 1 fully saturated rings. The van der Waals surface area contributed by atoms with Gasteiger partial charge in [-0.05, 0) is 52.9 Å². The Bertz CT molecular complexity index is 194. The van der Waals surface area contributed by atoms with E-state index in [9.17, 15) is 0 Å². The molecule has 0 bridgehead atoms. The lowest BCUT2D eigenvalue weighted by Crippen LogP contribution is -2.48. The van der Waals surface area contributed by atoms with Gasteiger partial charge in [0.05, 0.1) is 0 Å². The van der Waals surface area contributed by atoms with Crippen molar-refractivity contribution >= 4 is 0 Å². The molecular weight excluding hydrogens is 198 g/mol. The van der Waals surface area contributed by atoms with Gasteiger partial charge in [0.15, 0.2) is 0 Å². The first kappa shape index (κ1) is 13.9. The summed E-state index contributed by atoms with van der Waals surface area (Å²) in [6.07, 6.45) is 4.03. The van der Waals surface area contributed by atoms with Crippen molar-refractivity contribution < 1.29 is 0 Å². The fourth-order valence-corrected chi connectivity index (χ4v) is 3.24. The SMILES string of the molecule is CCN(C(C)CN(C)C)C1CCCC1CN. The molecule has 3 nitrogen and oxygen atoms in total. The summed E-state index contributed by atoms with van der Waals surface area (Å²) in [6.45, 7) is 7.76. The van der Waals surface area contributed by atoms with E-state index in [1.807, 2.05) is 0 Å². The molecule has 1 saturated carbocycles. The second-order valence-corrected chi connectivity index (χ2v) is 5.44. The van der Waals surface area contributed by atoms with E-state index in [0.29, 0.717) is 6.04 Å². The number of likely N-dealkylation sites (N-methyl/N-ethyl adjacent to an activating group) is 2. The predicted octanol–water partition coefficient (Wildman–Crippen LogP) is 1.39. The van der Waals surface area contributed by atoms with Gasteiger partial charge in [0.1, 0.15) is 0 Å². The summed E-state index contributed by atoms with van der Waals surface area (Å²) in [6, 6.07) is 1.36. The first-order valence-corrected chi connectivity index (χ1v) is 6.70. The summed E-state index contributed by atoms with van der Waals surface area (Å²) >= 11 is 0. The van der Waals surface area contributed by atoms with Gasteiger partial charge in [-0.25, -0.2) is 0 Å². The van der Waals surface area contributed by atoms with Crippen LogP contribution in [0, 0.1) is 5.92 Å². The third-order valence-electron chi connectivity index (χ3n) is 3.91. The number of rotatable bonds is 6. The van der Waals surface area contributed by atoms with Gasteiger partial charge in [0.25, 0.3) is 0 Å². The van der Waals surface area contributed by atoms with E-state index in [1.165, 1.54) is 19.3 Å². The number of nitrogens with two attached hydrogens (primary N) is 1. The largest absolute Gasteiger partial charge is 0.330 e. The van der Waals surface area contributed by atoms with Gasteiger partial charge >= 0.3 is 0 Å². The maximum absolute atomic E-state index is 5.88. The molecule has 3 heteroatoms. The summed E-state index contributed by atoms with van der Waals surface area (Å²) in [5, 5.41) is 0. The minimum Gasteiger partial charge on any atom is -0.330 e. The molecule has 0 aromatic heterocycles. The van der Waals surface area contributed by atoms with Crippen LogP contribution < -0.4 is 5.73 Å². The van der Waals surface area contributed by atoms with Gasteiger partial charge < -0.3 is 10.6 Å². The van der Waals surface area contributed by atoms with E-state index in [1.54, 1.807) is 0 Å². The van der Waals surface area contributed by atoms with Crippen molar-refractivity contribution in [3.05, 3.63) is 0 Å². The molecule has 0 saturated heterocycles. The predicted molar refractivity (Wildman–Crippen MR) is 70.6 cm³/mol. The van der Waals surface area contributed by atoms with Crippen LogP contribution in [0.3, 0.4) is 0 Å². The van der Waals surface area contributed by atoms with Crippen LogP contribution in [0.1, 0.15) is 33.1 Å². The molecule has 1 rings (SSSR count). The van der Waals surface area contributed by atoms with Gasteiger partial charge in [0.2, 0.25) is 0 Å². The number of nitrogens with zero attached hydrogens (tertiary/aromatic N) is 2. The molecule has 0 aromatic rings. The average molecular weight is 227 g/mol. The van der Waals surface area contributed by atoms with Crippen LogP contribution in [0.4, 0.5) is 0 Å². The monoisotopic (exact) mass is 227 g/mol. The zero-order chi connectivity index (χ0) is 12.1. The number of hydrogen-bond donors (Lipinski definition) is 1. The first-order chi connectivity index (χ1) is 7.60. The summed E-state index contributed by atoms with van der Waals surface area (Å²) in [5.74, 6) is 0.726. The Kier molecular flexibility index (Phi) is 5.73. The molecule has 1 aliphatic carbocycles. The van der Waals surface area contributed by atoms with Crippen molar-refractivity contribution in [2.24, 2.45) is 11.7 Å². The lowest BCUT2D eigenvalue weighted by Gasteiger charge is -2.37. The van der Waals surface area contributed by atoms with Gasteiger partial charge in [-0.2, -0.15) is 0 Å². The van der Waals surface area contributed by atoms with Crippen molar-refractivity contribution in [2.75, 3.05) is 33.7 Å². The molecule has 2 N–H and O–H groups in total. The zero-order valence-electron chi connectivity index (χ0n) is 11.4. The van der Waals surface area contributed by atoms with E-state index in [0.717, 1.165) is 31.6 Å². The highest BCUT2D eigenvalue weighted by atomic mass is 15.2. The molecule has 16 heavy (non-hydrogen) atoms. The maximum Gasteiger partial charge on any atom is 0.0197 e. The fraction of sp³-hybridized carbons (Fsp3) is 1.00. The molecule has 3 atom stereocenters. The van der Waals surface area contributed by atoms with Gasteiger partial charge in [-0.15, -0.1) is 0 Å². The highest BCUT2D eigenvalue weighted by molar-refractivity contribution is 4.88. The summed E-state index contributed by atoms with van der Waals surface area (Å²) in [7, 11) is 4.30. The molecule has 0 aliphatic heterocycles. The van der Waals surface area contributed by atoms with Crippen molar-refractivity contribution in [3.63, 3.8) is 0 Å². The smallest absolute Gasteiger partial charge is 0.0197 e. The van der Waals surface area contributed by atoms with Crippen LogP contribution in [-0.4, -0.2) is 55.6 Å². The molecule has 1 aliphatic rings. The van der Waals surface area contributed by atoms with Crippen molar-refractivity contribution in [1.82, 2.24) is 9.80 Å². The molecule has 0 radical (unpaired) electrons. The van der Waals surface area contributed by atoms with Crippen molar-refractivity contribution in [1.29, 1.82) is 0 Å². The van der Waals surface area contributed by atoms with Crippen LogP contribution in [-0.2, 0) is 0 Å². The molecule has 0 aromatic carbocycles. The third kappa shape index (κ3) is 3.44. The molecule has 0 heterocycles. The van der Waals surface area contributed by atoms with Gasteiger partial charge in [0, 0.05) is 18.6 Å². The molecule has 3 unspecified atom stereocenters. The Morgan fingerprint density at radius 2 is 2.00 bits per heavy atom. The lowest BCUT2D eigenvalue weighted by atomic mass is 10.0. The van der Waals surface area contributed by atoms with E-state index in [-0.39, 0.29) is 0 Å². The quantitative estimate of drug-likeness (QED) is 0.744. The Morgan fingerprint density at radius 1 is 1.31 bits per heavy atom. The second-order valence-electron chi connectivity index (χ2n) is 5.44. The van der Waals surface area contributed by atoms with Crippen molar-refractivity contribution in [3.8, 4) is 0 Å². The number of hydrogen-bond acceptors (Lipinski definition) is 3. The highest BCUT2D eigenvalue weighted by Crippen LogP contribution is 2.30. The minimum absolute atomic E-state index is 0.636. The molecule has 96 valence electrons. The van der Waals surface area contributed by atoms with E-state index >= 15 is 0 Å². The molecule has 0 spiro atoms. The van der Waals surface area contributed by atoms with Crippen LogP contribution in [0.15, 0.2) is 0 Å². The molecular formula is C13H29N3. The van der Waals surface area contributed by atoms with Gasteiger partial charge in [-0.3, -0.25) is 4.90 Å². The van der Waals surface area contributed by atoms with Crippen molar-refractivity contribution in [2.45, 2.75) is 45.2 Å². The van der Waals surface area contributed by atoms with Crippen LogP contribution >= 0.6 is 0 Å². The third-order valence-corrected chi connectivity index (χ3v) is 3.91. The summed E-state index contributed by atoms with van der Waals surface area (Å²) in [4.78, 5) is 4.93. The Labute approximate surface area is 101 Å². The normalized spacial score (nSPS) is 27.9. The van der Waals surface area contributed by atoms with Crippen LogP contribution in [0.2, 0.25) is 0 Å². The highest BCUT2D eigenvalue weighted by Gasteiger charge is 2.32. The standard InChI is InChI=1S/C13H29N3/c1-5-16(11(2)10-15(3)4)13-8-6-7-12(13)9-14/h11-13H,5-10,14H2,1-4H3. The second kappa shape index (κ2) is 6.58. The summed E-state index contributed by atoms with van der Waals surface area (Å²) < 4.78 is 0. The molecule has 0 amide bonds. The lowest BCUT2D eigenvalue weighted by molar-refractivity contribution is 0.105. The first-order valence-electron chi connectivity index (χ1n) is 6.70. The fourth-order valence-electron chi connectivity index (χ4n) is 3.24. The Hall–Kier alpha value is -0.120. The Morgan fingerprint density at radius 3 is 2.50 bits per heavy atom. The van der Waals surface area contributed by atoms with E-state index < -0.39 is 0 Å². The topological polar surface area (TPSA) is 32.5 Å².